The normalized spacial score (nSPS) is 18.2. The van der Waals surface area contributed by atoms with Crippen molar-refractivity contribution in [2.75, 3.05) is 0 Å². The lowest BCUT2D eigenvalue weighted by atomic mass is 9.88. The molecule has 124 valence electrons. The SMILES string of the molecule is CC(OSC1CCCCC1)Oc1ccc(CC(C)(C)C)cc1. The number of rotatable bonds is 6. The summed E-state index contributed by atoms with van der Waals surface area (Å²) < 4.78 is 11.6. The Morgan fingerprint density at radius 3 is 2.32 bits per heavy atom. The maximum absolute atomic E-state index is 5.85. The van der Waals surface area contributed by atoms with Crippen LogP contribution in [0.2, 0.25) is 0 Å². The van der Waals surface area contributed by atoms with Gasteiger partial charge in [-0.3, -0.25) is 4.18 Å². The summed E-state index contributed by atoms with van der Waals surface area (Å²) >= 11 is 1.61. The molecule has 0 amide bonds. The molecule has 0 aliphatic heterocycles. The Hall–Kier alpha value is -0.670. The molecule has 1 aliphatic rings. The van der Waals surface area contributed by atoms with Gasteiger partial charge in [0.25, 0.3) is 0 Å². The van der Waals surface area contributed by atoms with Crippen molar-refractivity contribution in [3.8, 4) is 5.75 Å². The maximum atomic E-state index is 5.85. The van der Waals surface area contributed by atoms with Gasteiger partial charge in [0.1, 0.15) is 5.75 Å². The highest BCUT2D eigenvalue weighted by Crippen LogP contribution is 2.30. The van der Waals surface area contributed by atoms with Gasteiger partial charge in [-0.15, -0.1) is 0 Å². The average Bonchev–Trinajstić information content (AvgIpc) is 2.47. The van der Waals surface area contributed by atoms with E-state index in [9.17, 15) is 0 Å². The molecule has 1 saturated carbocycles. The Labute approximate surface area is 140 Å². The van der Waals surface area contributed by atoms with Crippen LogP contribution in [0.5, 0.6) is 5.75 Å². The molecule has 0 spiro atoms. The minimum absolute atomic E-state index is 0.208. The molecule has 0 aromatic heterocycles. The van der Waals surface area contributed by atoms with Crippen LogP contribution >= 0.6 is 12.0 Å². The first-order valence-electron chi connectivity index (χ1n) is 8.50. The number of ether oxygens (including phenoxy) is 1. The van der Waals surface area contributed by atoms with Gasteiger partial charge in [0.05, 0.1) is 0 Å². The Balaban J connectivity index is 1.75. The van der Waals surface area contributed by atoms with Crippen molar-refractivity contribution in [1.82, 2.24) is 0 Å². The van der Waals surface area contributed by atoms with Crippen LogP contribution in [0.4, 0.5) is 0 Å². The second-order valence-electron chi connectivity index (χ2n) is 7.52. The molecule has 1 fully saturated rings. The monoisotopic (exact) mass is 322 g/mol. The van der Waals surface area contributed by atoms with Gasteiger partial charge in [-0.2, -0.15) is 0 Å². The van der Waals surface area contributed by atoms with E-state index in [1.165, 1.54) is 37.7 Å². The number of benzene rings is 1. The summed E-state index contributed by atoms with van der Waals surface area (Å²) in [7, 11) is 0. The van der Waals surface area contributed by atoms with E-state index < -0.39 is 0 Å². The third kappa shape index (κ3) is 6.62. The maximum Gasteiger partial charge on any atom is 0.209 e. The standard InChI is InChI=1S/C19H30O2S/c1-15(21-22-18-8-6-5-7-9-18)20-17-12-10-16(11-13-17)14-19(2,3)4/h10-13,15,18H,5-9,14H2,1-4H3. The minimum atomic E-state index is -0.208. The van der Waals surface area contributed by atoms with E-state index in [4.69, 9.17) is 8.92 Å². The van der Waals surface area contributed by atoms with E-state index >= 15 is 0 Å². The molecular weight excluding hydrogens is 292 g/mol. The molecule has 0 heterocycles. The highest BCUT2D eigenvalue weighted by Gasteiger charge is 2.17. The fraction of sp³-hybridized carbons (Fsp3) is 0.684. The molecule has 1 aromatic carbocycles. The van der Waals surface area contributed by atoms with Crippen LogP contribution < -0.4 is 4.74 Å². The quantitative estimate of drug-likeness (QED) is 0.473. The van der Waals surface area contributed by atoms with Crippen LogP contribution in [-0.2, 0) is 10.6 Å². The van der Waals surface area contributed by atoms with Crippen molar-refractivity contribution in [3.63, 3.8) is 0 Å². The fourth-order valence-electron chi connectivity index (χ4n) is 2.83. The minimum Gasteiger partial charge on any atom is -0.464 e. The molecule has 1 unspecified atom stereocenters. The molecule has 1 aromatic rings. The van der Waals surface area contributed by atoms with E-state index in [0.29, 0.717) is 10.7 Å². The second kappa shape index (κ2) is 8.26. The van der Waals surface area contributed by atoms with Crippen LogP contribution in [0.15, 0.2) is 24.3 Å². The first-order chi connectivity index (χ1) is 10.4. The topological polar surface area (TPSA) is 18.5 Å². The molecule has 0 radical (unpaired) electrons. The largest absolute Gasteiger partial charge is 0.464 e. The molecule has 0 saturated heterocycles. The zero-order chi connectivity index (χ0) is 16.0. The van der Waals surface area contributed by atoms with Crippen LogP contribution in [-0.4, -0.2) is 11.5 Å². The van der Waals surface area contributed by atoms with Crippen LogP contribution in [0.25, 0.3) is 0 Å². The van der Waals surface area contributed by atoms with Gasteiger partial charge in [-0.25, -0.2) is 0 Å². The van der Waals surface area contributed by atoms with Crippen molar-refractivity contribution in [1.29, 1.82) is 0 Å². The zero-order valence-corrected chi connectivity index (χ0v) is 15.2. The van der Waals surface area contributed by atoms with Gasteiger partial charge in [-0.05, 0) is 61.3 Å². The van der Waals surface area contributed by atoms with Crippen molar-refractivity contribution < 1.29 is 8.92 Å². The molecule has 0 bridgehead atoms. The van der Waals surface area contributed by atoms with Gasteiger partial charge in [0, 0.05) is 5.25 Å². The van der Waals surface area contributed by atoms with E-state index in [0.717, 1.165) is 12.2 Å². The smallest absolute Gasteiger partial charge is 0.209 e. The van der Waals surface area contributed by atoms with Crippen LogP contribution in [0, 0.1) is 5.41 Å². The Kier molecular flexibility index (Phi) is 6.64. The molecule has 22 heavy (non-hydrogen) atoms. The third-order valence-corrected chi connectivity index (χ3v) is 4.96. The summed E-state index contributed by atoms with van der Waals surface area (Å²) in [6.07, 6.45) is 7.48. The van der Waals surface area contributed by atoms with Gasteiger partial charge < -0.3 is 4.74 Å². The highest BCUT2D eigenvalue weighted by molar-refractivity contribution is 7.95. The Bertz CT molecular complexity index is 430. The predicted octanol–water partition coefficient (Wildman–Crippen LogP) is 6.00. The number of hydrogen-bond acceptors (Lipinski definition) is 3. The van der Waals surface area contributed by atoms with E-state index in [2.05, 4.69) is 32.9 Å². The van der Waals surface area contributed by atoms with Crippen molar-refractivity contribution in [2.45, 2.75) is 77.8 Å². The summed E-state index contributed by atoms with van der Waals surface area (Å²) in [5.41, 5.74) is 1.67. The molecule has 1 aliphatic carbocycles. The highest BCUT2D eigenvalue weighted by atomic mass is 32.2. The Morgan fingerprint density at radius 1 is 1.09 bits per heavy atom. The molecular formula is C19H30O2S. The van der Waals surface area contributed by atoms with Crippen molar-refractivity contribution >= 4 is 12.0 Å². The van der Waals surface area contributed by atoms with Crippen molar-refractivity contribution in [3.05, 3.63) is 29.8 Å². The van der Waals surface area contributed by atoms with Crippen LogP contribution in [0.1, 0.15) is 65.4 Å². The zero-order valence-electron chi connectivity index (χ0n) is 14.4. The lowest BCUT2D eigenvalue weighted by molar-refractivity contribution is 0.0394. The third-order valence-electron chi connectivity index (χ3n) is 3.84. The van der Waals surface area contributed by atoms with Crippen LogP contribution in [0.3, 0.4) is 0 Å². The second-order valence-corrected chi connectivity index (χ2v) is 8.57. The predicted molar refractivity (Wildman–Crippen MR) is 95.2 cm³/mol. The summed E-state index contributed by atoms with van der Waals surface area (Å²) in [5, 5.41) is 0.647. The van der Waals surface area contributed by atoms with Gasteiger partial charge >= 0.3 is 0 Å². The fourth-order valence-corrected chi connectivity index (χ4v) is 3.71. The van der Waals surface area contributed by atoms with Crippen molar-refractivity contribution in [2.24, 2.45) is 5.41 Å². The van der Waals surface area contributed by atoms with Gasteiger partial charge in [0.15, 0.2) is 0 Å². The first-order valence-corrected chi connectivity index (χ1v) is 9.30. The molecule has 1 atom stereocenters. The lowest BCUT2D eigenvalue weighted by Crippen LogP contribution is -2.16. The summed E-state index contributed by atoms with van der Waals surface area (Å²) in [6.45, 7) is 8.75. The summed E-state index contributed by atoms with van der Waals surface area (Å²) in [6, 6.07) is 8.40. The van der Waals surface area contributed by atoms with E-state index in [-0.39, 0.29) is 6.29 Å². The first kappa shape index (κ1) is 17.7. The Morgan fingerprint density at radius 2 is 1.73 bits per heavy atom. The molecule has 2 rings (SSSR count). The molecule has 0 N–H and O–H groups in total. The van der Waals surface area contributed by atoms with Gasteiger partial charge in [0.2, 0.25) is 6.29 Å². The summed E-state index contributed by atoms with van der Waals surface area (Å²) in [4.78, 5) is 0. The average molecular weight is 323 g/mol. The number of hydrogen-bond donors (Lipinski definition) is 0. The molecule has 3 heteroatoms. The van der Waals surface area contributed by atoms with E-state index in [1.807, 2.05) is 19.1 Å². The summed E-state index contributed by atoms with van der Waals surface area (Å²) in [5.74, 6) is 0.884. The van der Waals surface area contributed by atoms with E-state index in [1.54, 1.807) is 12.0 Å². The van der Waals surface area contributed by atoms with Gasteiger partial charge in [-0.1, -0.05) is 52.2 Å². The molecule has 2 nitrogen and oxygen atoms in total. The lowest BCUT2D eigenvalue weighted by Gasteiger charge is -2.22.